The van der Waals surface area contributed by atoms with Crippen molar-refractivity contribution in [3.05, 3.63) is 35.3 Å². The number of methoxy groups -OCH3 is 1. The van der Waals surface area contributed by atoms with Crippen LogP contribution in [-0.2, 0) is 11.2 Å². The van der Waals surface area contributed by atoms with Gasteiger partial charge in [0.05, 0.1) is 25.8 Å². The van der Waals surface area contributed by atoms with Crippen LogP contribution < -0.4 is 20.5 Å². The summed E-state index contributed by atoms with van der Waals surface area (Å²) in [6.45, 7) is 0.835. The van der Waals surface area contributed by atoms with E-state index in [1.54, 1.807) is 12.5 Å². The van der Waals surface area contributed by atoms with E-state index in [4.69, 9.17) is 15.2 Å². The van der Waals surface area contributed by atoms with Crippen LogP contribution in [0, 0.1) is 0 Å². The molecule has 0 saturated carbocycles. The maximum atomic E-state index is 11.7. The van der Waals surface area contributed by atoms with E-state index in [1.807, 2.05) is 24.3 Å². The predicted molar refractivity (Wildman–Crippen MR) is 81.7 cm³/mol. The average molecular weight is 307 g/mol. The van der Waals surface area contributed by atoms with Gasteiger partial charge < -0.3 is 20.5 Å². The topological polar surface area (TPSA) is 86.5 Å². The normalized spacial score (nSPS) is 10.1. The lowest BCUT2D eigenvalue weighted by molar-refractivity contribution is -0.120. The highest BCUT2D eigenvalue weighted by atomic mass is 32.1. The van der Waals surface area contributed by atoms with Gasteiger partial charge in [0.2, 0.25) is 5.91 Å². The Balaban J connectivity index is 1.65. The number of hydrogen-bond acceptors (Lipinski definition) is 6. The summed E-state index contributed by atoms with van der Waals surface area (Å²) in [6.07, 6.45) is 0.232. The molecule has 21 heavy (non-hydrogen) atoms. The number of anilines is 1. The fourth-order valence-corrected chi connectivity index (χ4v) is 2.22. The molecule has 0 aliphatic heterocycles. The molecule has 6 nitrogen and oxygen atoms in total. The van der Waals surface area contributed by atoms with Crippen molar-refractivity contribution < 1.29 is 14.3 Å². The highest BCUT2D eigenvalue weighted by Gasteiger charge is 2.06. The summed E-state index contributed by atoms with van der Waals surface area (Å²) in [5.74, 6) is 1.41. The molecule has 1 aromatic heterocycles. The molecule has 0 radical (unpaired) electrons. The number of rotatable bonds is 7. The molecular weight excluding hydrogens is 290 g/mol. The first-order valence-corrected chi connectivity index (χ1v) is 7.29. The highest BCUT2D eigenvalue weighted by molar-refractivity contribution is 7.13. The summed E-state index contributed by atoms with van der Waals surface area (Å²) >= 11 is 1.33. The second-order valence-corrected chi connectivity index (χ2v) is 5.12. The molecule has 1 aromatic carbocycles. The van der Waals surface area contributed by atoms with Crippen LogP contribution in [0.5, 0.6) is 11.5 Å². The molecule has 2 rings (SSSR count). The van der Waals surface area contributed by atoms with Gasteiger partial charge in [-0.1, -0.05) is 0 Å². The molecule has 0 atom stereocenters. The molecule has 0 fully saturated rings. The molecule has 0 aliphatic carbocycles. The van der Waals surface area contributed by atoms with Crippen molar-refractivity contribution in [3.63, 3.8) is 0 Å². The average Bonchev–Trinajstić information content (AvgIpc) is 2.89. The van der Waals surface area contributed by atoms with Gasteiger partial charge in [0, 0.05) is 5.38 Å². The number of aromatic nitrogens is 1. The standard InChI is InChI=1S/C14H17N3O3S/c1-19-11-2-4-12(5-3-11)20-7-6-16-13(18)8-10-9-21-14(15)17-10/h2-5,9H,6-8H2,1H3,(H2,15,17)(H,16,18). The molecule has 0 aliphatic rings. The molecule has 0 spiro atoms. The first kappa shape index (κ1) is 15.1. The van der Waals surface area contributed by atoms with Gasteiger partial charge >= 0.3 is 0 Å². The van der Waals surface area contributed by atoms with Crippen LogP contribution in [0.4, 0.5) is 5.13 Å². The number of nitrogens with two attached hydrogens (primary N) is 1. The zero-order valence-corrected chi connectivity index (χ0v) is 12.5. The van der Waals surface area contributed by atoms with E-state index in [1.165, 1.54) is 11.3 Å². The highest BCUT2D eigenvalue weighted by Crippen LogP contribution is 2.16. The number of carbonyl (C=O) groups excluding carboxylic acids is 1. The molecular formula is C14H17N3O3S. The fourth-order valence-electron chi connectivity index (χ4n) is 1.66. The Kier molecular flexibility index (Phi) is 5.39. The van der Waals surface area contributed by atoms with Crippen molar-refractivity contribution in [1.29, 1.82) is 0 Å². The van der Waals surface area contributed by atoms with Crippen LogP contribution in [-0.4, -0.2) is 31.2 Å². The summed E-state index contributed by atoms with van der Waals surface area (Å²) in [7, 11) is 1.61. The number of thiazole rings is 1. The van der Waals surface area contributed by atoms with Gasteiger partial charge in [-0.2, -0.15) is 0 Å². The van der Waals surface area contributed by atoms with Gasteiger partial charge in [-0.3, -0.25) is 4.79 Å². The molecule has 2 aromatic rings. The first-order valence-electron chi connectivity index (χ1n) is 6.41. The van der Waals surface area contributed by atoms with Crippen molar-refractivity contribution in [3.8, 4) is 11.5 Å². The van der Waals surface area contributed by atoms with Crippen molar-refractivity contribution in [1.82, 2.24) is 10.3 Å². The van der Waals surface area contributed by atoms with Gasteiger partial charge in [0.15, 0.2) is 5.13 Å². The molecule has 1 amide bonds. The van der Waals surface area contributed by atoms with Gasteiger partial charge in [-0.25, -0.2) is 4.98 Å². The number of nitrogen functional groups attached to an aromatic ring is 1. The summed E-state index contributed by atoms with van der Waals surface area (Å²) in [5.41, 5.74) is 6.19. The lowest BCUT2D eigenvalue weighted by Crippen LogP contribution is -2.29. The molecule has 112 valence electrons. The molecule has 0 unspecified atom stereocenters. The van der Waals surface area contributed by atoms with Crippen molar-refractivity contribution in [2.24, 2.45) is 0 Å². The number of nitrogens with zero attached hydrogens (tertiary/aromatic N) is 1. The smallest absolute Gasteiger partial charge is 0.226 e. The number of benzene rings is 1. The van der Waals surface area contributed by atoms with E-state index >= 15 is 0 Å². The third kappa shape index (κ3) is 4.96. The second kappa shape index (κ2) is 7.49. The molecule has 0 saturated heterocycles. The summed E-state index contributed by atoms with van der Waals surface area (Å²) in [6, 6.07) is 7.28. The molecule has 0 bridgehead atoms. The third-order valence-corrected chi connectivity index (χ3v) is 3.39. The Morgan fingerprint density at radius 1 is 1.33 bits per heavy atom. The van der Waals surface area contributed by atoms with Gasteiger partial charge in [-0.15, -0.1) is 11.3 Å². The van der Waals surface area contributed by atoms with Crippen LogP contribution in [0.1, 0.15) is 5.69 Å². The largest absolute Gasteiger partial charge is 0.497 e. The van der Waals surface area contributed by atoms with Crippen LogP contribution in [0.15, 0.2) is 29.6 Å². The lowest BCUT2D eigenvalue weighted by atomic mass is 10.3. The summed E-state index contributed by atoms with van der Waals surface area (Å²) < 4.78 is 10.6. The van der Waals surface area contributed by atoms with Gasteiger partial charge in [0.1, 0.15) is 18.1 Å². The van der Waals surface area contributed by atoms with E-state index in [2.05, 4.69) is 10.3 Å². The Labute approximate surface area is 126 Å². The Morgan fingerprint density at radius 3 is 2.67 bits per heavy atom. The Hall–Kier alpha value is -2.28. The Bertz CT molecular complexity index is 583. The molecule has 7 heteroatoms. The maximum Gasteiger partial charge on any atom is 0.226 e. The minimum Gasteiger partial charge on any atom is -0.497 e. The number of nitrogens with one attached hydrogen (secondary N) is 1. The number of hydrogen-bond donors (Lipinski definition) is 2. The van der Waals surface area contributed by atoms with Gasteiger partial charge in [-0.05, 0) is 24.3 Å². The number of amides is 1. The zero-order chi connectivity index (χ0) is 15.1. The van der Waals surface area contributed by atoms with Gasteiger partial charge in [0.25, 0.3) is 0 Å². The summed E-state index contributed by atoms with van der Waals surface area (Å²) in [5, 5.41) is 5.02. The number of ether oxygens (including phenoxy) is 2. The predicted octanol–water partition coefficient (Wildman–Crippen LogP) is 1.47. The molecule has 3 N–H and O–H groups in total. The van der Waals surface area contributed by atoms with E-state index in [-0.39, 0.29) is 12.3 Å². The van der Waals surface area contributed by atoms with Crippen molar-refractivity contribution in [2.75, 3.05) is 26.0 Å². The number of carbonyl (C=O) groups is 1. The van der Waals surface area contributed by atoms with E-state index in [9.17, 15) is 4.79 Å². The third-order valence-electron chi connectivity index (χ3n) is 2.66. The van der Waals surface area contributed by atoms with Crippen LogP contribution in [0.3, 0.4) is 0 Å². The second-order valence-electron chi connectivity index (χ2n) is 4.23. The summed E-state index contributed by atoms with van der Waals surface area (Å²) in [4.78, 5) is 15.7. The van der Waals surface area contributed by atoms with Crippen LogP contribution >= 0.6 is 11.3 Å². The zero-order valence-electron chi connectivity index (χ0n) is 11.7. The van der Waals surface area contributed by atoms with E-state index in [0.717, 1.165) is 11.5 Å². The Morgan fingerprint density at radius 2 is 2.05 bits per heavy atom. The first-order chi connectivity index (χ1) is 10.2. The lowest BCUT2D eigenvalue weighted by Gasteiger charge is -2.08. The minimum absolute atomic E-state index is 0.0985. The van der Waals surface area contributed by atoms with Crippen LogP contribution in [0.25, 0.3) is 0 Å². The van der Waals surface area contributed by atoms with E-state index < -0.39 is 0 Å². The van der Waals surface area contributed by atoms with Crippen LogP contribution in [0.2, 0.25) is 0 Å². The minimum atomic E-state index is -0.0985. The maximum absolute atomic E-state index is 11.7. The monoisotopic (exact) mass is 307 g/mol. The van der Waals surface area contributed by atoms with Crippen molar-refractivity contribution in [2.45, 2.75) is 6.42 Å². The SMILES string of the molecule is COc1ccc(OCCNC(=O)Cc2csc(N)n2)cc1. The fraction of sp³-hybridized carbons (Fsp3) is 0.286. The quantitative estimate of drug-likeness (QED) is 0.757. The van der Waals surface area contributed by atoms with E-state index in [0.29, 0.717) is 24.0 Å². The molecule has 1 heterocycles. The van der Waals surface area contributed by atoms with Crippen molar-refractivity contribution >= 4 is 22.4 Å².